The lowest BCUT2D eigenvalue weighted by molar-refractivity contribution is 1.03. The van der Waals surface area contributed by atoms with Crippen LogP contribution in [0.15, 0.2) is 23.3 Å². The quantitative estimate of drug-likeness (QED) is 0.693. The van der Waals surface area contributed by atoms with Gasteiger partial charge in [0.2, 0.25) is 0 Å². The van der Waals surface area contributed by atoms with Crippen molar-refractivity contribution in [1.29, 1.82) is 0 Å². The summed E-state index contributed by atoms with van der Waals surface area (Å²) in [5, 5.41) is 0.483. The maximum Gasteiger partial charge on any atom is 0.260 e. The first-order valence-electron chi connectivity index (χ1n) is 3.70. The van der Waals surface area contributed by atoms with Crippen LogP contribution in [0.3, 0.4) is 0 Å². The lowest BCUT2D eigenvalue weighted by Crippen LogP contribution is -2.10. The highest BCUT2D eigenvalue weighted by atomic mass is 35.5. The van der Waals surface area contributed by atoms with Crippen molar-refractivity contribution in [2.24, 2.45) is 0 Å². The molecule has 13 heavy (non-hydrogen) atoms. The van der Waals surface area contributed by atoms with Gasteiger partial charge in [0, 0.05) is 12.4 Å². The zero-order chi connectivity index (χ0) is 9.26. The van der Waals surface area contributed by atoms with Gasteiger partial charge in [0.1, 0.15) is 5.82 Å². The second kappa shape index (κ2) is 3.14. The average molecular weight is 196 g/mol. The van der Waals surface area contributed by atoms with E-state index in [2.05, 4.69) is 15.0 Å². The number of rotatable bonds is 1. The fraction of sp³-hybridized carbons (Fsp3) is 0.125. The molecule has 0 atom stereocenters. The van der Waals surface area contributed by atoms with E-state index in [9.17, 15) is 4.79 Å². The van der Waals surface area contributed by atoms with Gasteiger partial charge in [-0.15, -0.1) is 11.6 Å². The maximum absolute atomic E-state index is 11.4. The van der Waals surface area contributed by atoms with E-state index in [0.717, 1.165) is 0 Å². The second-order valence-corrected chi connectivity index (χ2v) is 2.81. The maximum atomic E-state index is 11.4. The van der Waals surface area contributed by atoms with Crippen molar-refractivity contribution in [3.05, 3.63) is 34.6 Å². The molecule has 2 aromatic rings. The van der Waals surface area contributed by atoms with Crippen LogP contribution in [0, 0.1) is 0 Å². The normalized spacial score (nSPS) is 10.5. The van der Waals surface area contributed by atoms with Crippen LogP contribution in [-0.4, -0.2) is 15.0 Å². The summed E-state index contributed by atoms with van der Waals surface area (Å²) in [6, 6.07) is 1.68. The lowest BCUT2D eigenvalue weighted by atomic mass is 10.3. The Hall–Kier alpha value is -1.42. The van der Waals surface area contributed by atoms with Gasteiger partial charge in [-0.3, -0.25) is 9.78 Å². The number of nitrogens with zero attached hydrogens (tertiary/aromatic N) is 2. The standard InChI is InChI=1S/C8H6ClN3O/c9-3-7-11-6-1-2-10-4-5(6)8(13)12-7/h1-2,4H,3H2,(H,11,12,13). The molecule has 0 aliphatic rings. The number of hydrogen-bond donors (Lipinski definition) is 1. The minimum absolute atomic E-state index is 0.200. The fourth-order valence-electron chi connectivity index (χ4n) is 1.09. The summed E-state index contributed by atoms with van der Waals surface area (Å²) in [6.07, 6.45) is 3.08. The van der Waals surface area contributed by atoms with Gasteiger partial charge in [-0.05, 0) is 6.07 Å². The second-order valence-electron chi connectivity index (χ2n) is 2.54. The smallest absolute Gasteiger partial charge is 0.260 e. The lowest BCUT2D eigenvalue weighted by Gasteiger charge is -1.97. The van der Waals surface area contributed by atoms with Gasteiger partial charge in [0.25, 0.3) is 5.56 Å². The third kappa shape index (κ3) is 1.40. The minimum atomic E-state index is -0.200. The fourth-order valence-corrected chi connectivity index (χ4v) is 1.22. The molecule has 0 aliphatic heterocycles. The van der Waals surface area contributed by atoms with Crippen LogP contribution in [0.4, 0.5) is 0 Å². The third-order valence-electron chi connectivity index (χ3n) is 1.68. The molecule has 2 aromatic heterocycles. The minimum Gasteiger partial charge on any atom is -0.309 e. The summed E-state index contributed by atoms with van der Waals surface area (Å²) in [4.78, 5) is 21.9. The van der Waals surface area contributed by atoms with E-state index < -0.39 is 0 Å². The van der Waals surface area contributed by atoms with Crippen LogP contribution in [0.25, 0.3) is 10.9 Å². The Bertz CT molecular complexity index is 494. The van der Waals surface area contributed by atoms with Gasteiger partial charge in [0.05, 0.1) is 16.8 Å². The van der Waals surface area contributed by atoms with Crippen LogP contribution in [0.2, 0.25) is 0 Å². The molecule has 0 aliphatic carbocycles. The van der Waals surface area contributed by atoms with Crippen LogP contribution in [-0.2, 0) is 5.88 Å². The van der Waals surface area contributed by atoms with Crippen molar-refractivity contribution in [2.75, 3.05) is 0 Å². The molecular weight excluding hydrogens is 190 g/mol. The zero-order valence-corrected chi connectivity index (χ0v) is 7.38. The van der Waals surface area contributed by atoms with Crippen molar-refractivity contribution in [3.8, 4) is 0 Å². The molecule has 2 rings (SSSR count). The molecule has 0 unspecified atom stereocenters. The Kier molecular flexibility index (Phi) is 1.98. The Morgan fingerprint density at radius 3 is 3.15 bits per heavy atom. The van der Waals surface area contributed by atoms with E-state index in [1.807, 2.05) is 0 Å². The molecule has 0 fully saturated rings. The van der Waals surface area contributed by atoms with Crippen molar-refractivity contribution in [3.63, 3.8) is 0 Å². The molecule has 1 N–H and O–H groups in total. The largest absolute Gasteiger partial charge is 0.309 e. The predicted octanol–water partition coefficient (Wildman–Crippen LogP) is 1.06. The van der Waals surface area contributed by atoms with Crippen molar-refractivity contribution in [1.82, 2.24) is 15.0 Å². The number of aromatic nitrogens is 3. The number of fused-ring (bicyclic) bond motifs is 1. The van der Waals surface area contributed by atoms with E-state index in [1.54, 1.807) is 12.3 Å². The number of H-pyrrole nitrogens is 1. The summed E-state index contributed by atoms with van der Waals surface area (Å²) < 4.78 is 0. The monoisotopic (exact) mass is 195 g/mol. The number of hydrogen-bond acceptors (Lipinski definition) is 3. The highest BCUT2D eigenvalue weighted by Gasteiger charge is 2.01. The summed E-state index contributed by atoms with van der Waals surface area (Å²) in [7, 11) is 0. The van der Waals surface area contributed by atoms with Gasteiger partial charge in [-0.25, -0.2) is 4.98 Å². The van der Waals surface area contributed by atoms with E-state index >= 15 is 0 Å². The first kappa shape index (κ1) is 8.19. The molecule has 0 saturated carbocycles. The van der Waals surface area contributed by atoms with Crippen molar-refractivity contribution >= 4 is 22.5 Å². The highest BCUT2D eigenvalue weighted by molar-refractivity contribution is 6.16. The molecule has 0 aromatic carbocycles. The number of pyridine rings is 1. The molecule has 0 saturated heterocycles. The molecule has 66 valence electrons. The predicted molar refractivity (Wildman–Crippen MR) is 49.7 cm³/mol. The molecule has 2 heterocycles. The number of nitrogens with one attached hydrogen (secondary N) is 1. The summed E-state index contributed by atoms with van der Waals surface area (Å²) >= 11 is 5.55. The van der Waals surface area contributed by atoms with Gasteiger partial charge in [0.15, 0.2) is 0 Å². The van der Waals surface area contributed by atoms with Crippen LogP contribution in [0.1, 0.15) is 5.82 Å². The molecule has 0 bridgehead atoms. The molecule has 0 spiro atoms. The van der Waals surface area contributed by atoms with Gasteiger partial charge in [-0.2, -0.15) is 0 Å². The van der Waals surface area contributed by atoms with E-state index in [0.29, 0.717) is 16.7 Å². The first-order chi connectivity index (χ1) is 6.31. The van der Waals surface area contributed by atoms with E-state index in [-0.39, 0.29) is 11.4 Å². The Balaban J connectivity index is 2.85. The van der Waals surface area contributed by atoms with Gasteiger partial charge in [-0.1, -0.05) is 0 Å². The Morgan fingerprint density at radius 1 is 1.54 bits per heavy atom. The van der Waals surface area contributed by atoms with Crippen LogP contribution < -0.4 is 5.56 Å². The summed E-state index contributed by atoms with van der Waals surface area (Å²) in [5.41, 5.74) is 0.420. The van der Waals surface area contributed by atoms with Crippen LogP contribution in [0.5, 0.6) is 0 Å². The van der Waals surface area contributed by atoms with E-state index in [4.69, 9.17) is 11.6 Å². The summed E-state index contributed by atoms with van der Waals surface area (Å²) in [6.45, 7) is 0. The molecule has 4 nitrogen and oxygen atoms in total. The zero-order valence-electron chi connectivity index (χ0n) is 6.62. The van der Waals surface area contributed by atoms with Crippen molar-refractivity contribution < 1.29 is 0 Å². The molecule has 0 radical (unpaired) electrons. The SMILES string of the molecule is O=c1[nH]c(CCl)nc2ccncc12. The Labute approximate surface area is 78.6 Å². The van der Waals surface area contributed by atoms with Gasteiger partial charge < -0.3 is 4.98 Å². The number of halogens is 1. The number of alkyl halides is 1. The van der Waals surface area contributed by atoms with Crippen LogP contribution >= 0.6 is 11.6 Å². The number of aromatic amines is 1. The molecule has 0 amide bonds. The van der Waals surface area contributed by atoms with E-state index in [1.165, 1.54) is 6.20 Å². The average Bonchev–Trinajstić information content (AvgIpc) is 2.18. The molecular formula is C8H6ClN3O. The molecule has 5 heteroatoms. The topological polar surface area (TPSA) is 58.6 Å². The first-order valence-corrected chi connectivity index (χ1v) is 4.23. The van der Waals surface area contributed by atoms with Gasteiger partial charge >= 0.3 is 0 Å². The highest BCUT2D eigenvalue weighted by Crippen LogP contribution is 2.04. The Morgan fingerprint density at radius 2 is 2.38 bits per heavy atom. The summed E-state index contributed by atoms with van der Waals surface area (Å²) in [5.74, 6) is 0.679. The third-order valence-corrected chi connectivity index (χ3v) is 1.94. The van der Waals surface area contributed by atoms with Crippen molar-refractivity contribution in [2.45, 2.75) is 5.88 Å².